The number of thiophene rings is 1. The second-order valence-corrected chi connectivity index (χ2v) is 5.94. The van der Waals surface area contributed by atoms with Gasteiger partial charge in [-0.15, -0.1) is 0 Å². The maximum atomic E-state index is 11.9. The SMILES string of the molecule is COC(=O)c1ccc(Cl)c(NC(=O)CCNC(=O)c2ccsc2)c1. The van der Waals surface area contributed by atoms with Crippen molar-refractivity contribution in [3.8, 4) is 0 Å². The molecule has 0 saturated heterocycles. The number of methoxy groups -OCH3 is 1. The number of hydrogen-bond donors (Lipinski definition) is 2. The van der Waals surface area contributed by atoms with Gasteiger partial charge in [-0.05, 0) is 29.6 Å². The number of esters is 1. The Kier molecular flexibility index (Phi) is 6.34. The normalized spacial score (nSPS) is 10.1. The van der Waals surface area contributed by atoms with E-state index in [1.807, 2.05) is 0 Å². The standard InChI is InChI=1S/C16H15ClN2O4S/c1-23-16(22)10-2-3-12(17)13(8-10)19-14(20)4-6-18-15(21)11-5-7-24-9-11/h2-3,5,7-9H,4,6H2,1H3,(H,18,21)(H,19,20). The third-order valence-electron chi connectivity index (χ3n) is 3.08. The van der Waals surface area contributed by atoms with Gasteiger partial charge in [0, 0.05) is 23.9 Å². The molecule has 2 N–H and O–H groups in total. The van der Waals surface area contributed by atoms with E-state index in [0.29, 0.717) is 16.3 Å². The Morgan fingerprint density at radius 2 is 2.00 bits per heavy atom. The van der Waals surface area contributed by atoms with Crippen molar-refractivity contribution in [2.45, 2.75) is 6.42 Å². The summed E-state index contributed by atoms with van der Waals surface area (Å²) >= 11 is 7.43. The molecule has 1 heterocycles. The minimum atomic E-state index is -0.523. The fourth-order valence-electron chi connectivity index (χ4n) is 1.86. The van der Waals surface area contributed by atoms with Gasteiger partial charge in [-0.3, -0.25) is 9.59 Å². The zero-order chi connectivity index (χ0) is 17.5. The molecule has 24 heavy (non-hydrogen) atoms. The molecule has 0 radical (unpaired) electrons. The van der Waals surface area contributed by atoms with Gasteiger partial charge in [0.2, 0.25) is 5.91 Å². The van der Waals surface area contributed by atoms with E-state index in [4.69, 9.17) is 11.6 Å². The van der Waals surface area contributed by atoms with Crippen LogP contribution in [0.25, 0.3) is 0 Å². The lowest BCUT2D eigenvalue weighted by Gasteiger charge is -2.09. The number of amides is 2. The number of ether oxygens (including phenoxy) is 1. The van der Waals surface area contributed by atoms with E-state index in [9.17, 15) is 14.4 Å². The Morgan fingerprint density at radius 1 is 1.21 bits per heavy atom. The van der Waals surface area contributed by atoms with Crippen LogP contribution in [0, 0.1) is 0 Å². The Labute approximate surface area is 147 Å². The first kappa shape index (κ1) is 18.0. The first-order chi connectivity index (χ1) is 11.5. The quantitative estimate of drug-likeness (QED) is 0.770. The van der Waals surface area contributed by atoms with Crippen LogP contribution in [0.5, 0.6) is 0 Å². The smallest absolute Gasteiger partial charge is 0.337 e. The summed E-state index contributed by atoms with van der Waals surface area (Å²) < 4.78 is 4.62. The highest BCUT2D eigenvalue weighted by Gasteiger charge is 2.12. The molecule has 2 aromatic rings. The summed E-state index contributed by atoms with van der Waals surface area (Å²) in [5.74, 6) is -1.08. The monoisotopic (exact) mass is 366 g/mol. The number of anilines is 1. The molecule has 0 aliphatic heterocycles. The molecule has 0 aliphatic carbocycles. The maximum Gasteiger partial charge on any atom is 0.337 e. The van der Waals surface area contributed by atoms with E-state index in [-0.39, 0.29) is 30.3 Å². The highest BCUT2D eigenvalue weighted by atomic mass is 35.5. The molecular formula is C16H15ClN2O4S. The largest absolute Gasteiger partial charge is 0.465 e. The zero-order valence-corrected chi connectivity index (χ0v) is 14.4. The summed E-state index contributed by atoms with van der Waals surface area (Å²) in [5.41, 5.74) is 1.16. The first-order valence-corrected chi connectivity index (χ1v) is 8.31. The topological polar surface area (TPSA) is 84.5 Å². The molecule has 2 rings (SSSR count). The third kappa shape index (κ3) is 4.81. The van der Waals surface area contributed by atoms with E-state index in [2.05, 4.69) is 15.4 Å². The van der Waals surface area contributed by atoms with Crippen LogP contribution < -0.4 is 10.6 Å². The molecule has 0 unspecified atom stereocenters. The molecule has 0 fully saturated rings. The fraction of sp³-hybridized carbons (Fsp3) is 0.188. The zero-order valence-electron chi connectivity index (χ0n) is 12.8. The molecule has 126 valence electrons. The Morgan fingerprint density at radius 3 is 2.67 bits per heavy atom. The van der Waals surface area contributed by atoms with Gasteiger partial charge in [-0.25, -0.2) is 4.79 Å². The number of halogens is 1. The van der Waals surface area contributed by atoms with Gasteiger partial charge >= 0.3 is 5.97 Å². The van der Waals surface area contributed by atoms with Crippen molar-refractivity contribution < 1.29 is 19.1 Å². The van der Waals surface area contributed by atoms with Crippen molar-refractivity contribution in [2.75, 3.05) is 19.0 Å². The lowest BCUT2D eigenvalue weighted by Crippen LogP contribution is -2.27. The molecule has 0 atom stereocenters. The van der Waals surface area contributed by atoms with Crippen molar-refractivity contribution in [1.29, 1.82) is 0 Å². The maximum absolute atomic E-state index is 11.9. The molecule has 1 aromatic heterocycles. The van der Waals surface area contributed by atoms with Crippen LogP contribution in [0.4, 0.5) is 5.69 Å². The van der Waals surface area contributed by atoms with E-state index in [1.165, 1.54) is 36.6 Å². The van der Waals surface area contributed by atoms with E-state index < -0.39 is 5.97 Å². The molecule has 0 bridgehead atoms. The number of benzene rings is 1. The van der Waals surface area contributed by atoms with Crippen LogP contribution in [0.2, 0.25) is 5.02 Å². The van der Waals surface area contributed by atoms with Crippen molar-refractivity contribution in [3.05, 3.63) is 51.2 Å². The minimum Gasteiger partial charge on any atom is -0.465 e. The van der Waals surface area contributed by atoms with Crippen molar-refractivity contribution in [2.24, 2.45) is 0 Å². The molecule has 1 aromatic carbocycles. The number of nitrogens with one attached hydrogen (secondary N) is 2. The van der Waals surface area contributed by atoms with Crippen molar-refractivity contribution >= 4 is 46.4 Å². The lowest BCUT2D eigenvalue weighted by atomic mass is 10.2. The Bertz CT molecular complexity index is 747. The summed E-state index contributed by atoms with van der Waals surface area (Å²) in [6.45, 7) is 0.189. The van der Waals surface area contributed by atoms with Crippen LogP contribution >= 0.6 is 22.9 Å². The summed E-state index contributed by atoms with van der Waals surface area (Å²) in [4.78, 5) is 35.2. The molecular weight excluding hydrogens is 352 g/mol. The number of carbonyl (C=O) groups is 3. The molecule has 8 heteroatoms. The van der Waals surface area contributed by atoms with Crippen molar-refractivity contribution in [3.63, 3.8) is 0 Å². The van der Waals surface area contributed by atoms with Crippen LogP contribution in [0.15, 0.2) is 35.0 Å². The van der Waals surface area contributed by atoms with Crippen LogP contribution in [-0.2, 0) is 9.53 Å². The second kappa shape index (κ2) is 8.47. The highest BCUT2D eigenvalue weighted by molar-refractivity contribution is 7.08. The van der Waals surface area contributed by atoms with Gasteiger partial charge in [0.1, 0.15) is 0 Å². The molecule has 0 saturated carbocycles. The number of rotatable bonds is 6. The first-order valence-electron chi connectivity index (χ1n) is 6.99. The van der Waals surface area contributed by atoms with Crippen molar-refractivity contribution in [1.82, 2.24) is 5.32 Å². The van der Waals surface area contributed by atoms with Gasteiger partial charge in [-0.2, -0.15) is 11.3 Å². The van der Waals surface area contributed by atoms with E-state index >= 15 is 0 Å². The average molecular weight is 367 g/mol. The van der Waals surface area contributed by atoms with Gasteiger partial charge in [0.25, 0.3) is 5.91 Å². The summed E-state index contributed by atoms with van der Waals surface area (Å²) in [7, 11) is 1.27. The van der Waals surface area contributed by atoms with E-state index in [1.54, 1.807) is 16.8 Å². The average Bonchev–Trinajstić information content (AvgIpc) is 3.10. The summed E-state index contributed by atoms with van der Waals surface area (Å²) in [6.07, 6.45) is 0.0780. The van der Waals surface area contributed by atoms with E-state index in [0.717, 1.165) is 0 Å². The van der Waals surface area contributed by atoms with Gasteiger partial charge in [-0.1, -0.05) is 11.6 Å². The Balaban J connectivity index is 1.88. The predicted molar refractivity (Wildman–Crippen MR) is 92.7 cm³/mol. The predicted octanol–water partition coefficient (Wildman–Crippen LogP) is 2.95. The summed E-state index contributed by atoms with van der Waals surface area (Å²) in [6, 6.07) is 6.15. The van der Waals surface area contributed by atoms with Crippen LogP contribution in [0.1, 0.15) is 27.1 Å². The molecule has 2 amide bonds. The number of hydrogen-bond acceptors (Lipinski definition) is 5. The fourth-order valence-corrected chi connectivity index (χ4v) is 2.66. The van der Waals surface area contributed by atoms with Crippen LogP contribution in [0.3, 0.4) is 0 Å². The van der Waals surface area contributed by atoms with Gasteiger partial charge in [0.05, 0.1) is 23.4 Å². The second-order valence-electron chi connectivity index (χ2n) is 4.75. The highest BCUT2D eigenvalue weighted by Crippen LogP contribution is 2.23. The van der Waals surface area contributed by atoms with Gasteiger partial charge < -0.3 is 15.4 Å². The van der Waals surface area contributed by atoms with Crippen LogP contribution in [-0.4, -0.2) is 31.4 Å². The number of carbonyl (C=O) groups excluding carboxylic acids is 3. The molecule has 0 spiro atoms. The Hall–Kier alpha value is -2.38. The lowest BCUT2D eigenvalue weighted by molar-refractivity contribution is -0.116. The van der Waals surface area contributed by atoms with Gasteiger partial charge in [0.15, 0.2) is 0 Å². The minimum absolute atomic E-state index is 0.0780. The molecule has 0 aliphatic rings. The third-order valence-corrected chi connectivity index (χ3v) is 4.10. The molecule has 6 nitrogen and oxygen atoms in total. The summed E-state index contributed by atoms with van der Waals surface area (Å²) in [5, 5.41) is 9.10.